The highest BCUT2D eigenvalue weighted by molar-refractivity contribution is 7.89. The Labute approximate surface area is 147 Å². The average Bonchev–Trinajstić information content (AvgIpc) is 3.15. The average molecular weight is 373 g/mol. The summed E-state index contributed by atoms with van der Waals surface area (Å²) in [5.74, 6) is 0.447. The van der Waals surface area contributed by atoms with Crippen LogP contribution in [0.5, 0.6) is 0 Å². The van der Waals surface area contributed by atoms with Gasteiger partial charge in [0.2, 0.25) is 10.0 Å². The summed E-state index contributed by atoms with van der Waals surface area (Å²) < 4.78 is 31.7. The maximum Gasteiger partial charge on any atom is 0.252 e. The molecule has 24 heavy (non-hydrogen) atoms. The Morgan fingerprint density at radius 2 is 2.29 bits per heavy atom. The molecule has 0 aliphatic carbocycles. The molecular weight excluding hydrogens is 348 g/mol. The molecule has 134 valence electrons. The van der Waals surface area contributed by atoms with Crippen molar-refractivity contribution < 1.29 is 17.9 Å². The summed E-state index contributed by atoms with van der Waals surface area (Å²) in [5.41, 5.74) is 0.353. The summed E-state index contributed by atoms with van der Waals surface area (Å²) in [6.07, 6.45) is 2.37. The molecule has 2 saturated heterocycles. The number of amides is 1. The molecule has 2 aliphatic heterocycles. The molecule has 1 N–H and O–H groups in total. The van der Waals surface area contributed by atoms with E-state index >= 15 is 0 Å². The van der Waals surface area contributed by atoms with Gasteiger partial charge in [0.25, 0.3) is 5.91 Å². The van der Waals surface area contributed by atoms with Gasteiger partial charge in [0.1, 0.15) is 0 Å². The molecule has 6 nitrogen and oxygen atoms in total. The minimum atomic E-state index is -3.14. The SMILES string of the molecule is CCCS(=O)(=O)N1CC2(C1)OCC[C@H]2CCNC(=O)c1ccsc1. The fourth-order valence-corrected chi connectivity index (χ4v) is 5.77. The Morgan fingerprint density at radius 3 is 2.96 bits per heavy atom. The summed E-state index contributed by atoms with van der Waals surface area (Å²) in [5, 5.41) is 6.65. The van der Waals surface area contributed by atoms with Crippen LogP contribution in [0, 0.1) is 5.92 Å². The van der Waals surface area contributed by atoms with Crippen molar-refractivity contribution in [2.24, 2.45) is 5.92 Å². The van der Waals surface area contributed by atoms with Gasteiger partial charge in [-0.25, -0.2) is 8.42 Å². The van der Waals surface area contributed by atoms with Crippen molar-refractivity contribution in [3.05, 3.63) is 22.4 Å². The first-order valence-electron chi connectivity index (χ1n) is 8.39. The second-order valence-electron chi connectivity index (χ2n) is 6.54. The number of ether oxygens (including phenoxy) is 1. The standard InChI is InChI=1S/C16H24N2O4S2/c1-2-9-24(20,21)18-11-16(12-18)14(4-7-22-16)3-6-17-15(19)13-5-8-23-10-13/h5,8,10,14H,2-4,6-7,9,11-12H2,1H3,(H,17,19)/t14-/m1/s1. The van der Waals surface area contributed by atoms with Crippen molar-refractivity contribution in [2.45, 2.75) is 31.8 Å². The Bertz CT molecular complexity index is 666. The van der Waals surface area contributed by atoms with Crippen LogP contribution in [0.15, 0.2) is 16.8 Å². The van der Waals surface area contributed by atoms with Gasteiger partial charge in [-0.1, -0.05) is 6.92 Å². The molecule has 8 heteroatoms. The van der Waals surface area contributed by atoms with Crippen molar-refractivity contribution in [3.63, 3.8) is 0 Å². The lowest BCUT2D eigenvalue weighted by atomic mass is 9.80. The van der Waals surface area contributed by atoms with Crippen LogP contribution in [0.1, 0.15) is 36.5 Å². The number of hydrogen-bond acceptors (Lipinski definition) is 5. The molecule has 1 aromatic heterocycles. The molecule has 2 fully saturated rings. The number of nitrogens with zero attached hydrogens (tertiary/aromatic N) is 1. The topological polar surface area (TPSA) is 75.7 Å². The van der Waals surface area contributed by atoms with Crippen molar-refractivity contribution in [1.29, 1.82) is 0 Å². The molecule has 3 heterocycles. The van der Waals surface area contributed by atoms with E-state index in [2.05, 4.69) is 5.32 Å². The molecule has 0 radical (unpaired) electrons. The number of sulfonamides is 1. The van der Waals surface area contributed by atoms with E-state index in [1.54, 1.807) is 4.31 Å². The Morgan fingerprint density at radius 1 is 1.50 bits per heavy atom. The van der Waals surface area contributed by atoms with Crippen LogP contribution in [0.4, 0.5) is 0 Å². The monoisotopic (exact) mass is 372 g/mol. The highest BCUT2D eigenvalue weighted by Gasteiger charge is 2.55. The van der Waals surface area contributed by atoms with Crippen LogP contribution in [0.2, 0.25) is 0 Å². The second kappa shape index (κ2) is 7.11. The van der Waals surface area contributed by atoms with Crippen molar-refractivity contribution >= 4 is 27.3 Å². The Hall–Kier alpha value is -0.960. The molecule has 0 unspecified atom stereocenters. The highest BCUT2D eigenvalue weighted by atomic mass is 32.2. The predicted octanol–water partition coefficient (Wildman–Crippen LogP) is 1.70. The molecule has 1 spiro atoms. The summed E-state index contributed by atoms with van der Waals surface area (Å²) in [4.78, 5) is 12.0. The van der Waals surface area contributed by atoms with Gasteiger partial charge in [-0.3, -0.25) is 4.79 Å². The zero-order valence-electron chi connectivity index (χ0n) is 13.9. The van der Waals surface area contributed by atoms with Crippen molar-refractivity contribution in [2.75, 3.05) is 32.0 Å². The van der Waals surface area contributed by atoms with Crippen molar-refractivity contribution in [1.82, 2.24) is 9.62 Å². The number of rotatable bonds is 7. The lowest BCUT2D eigenvalue weighted by Crippen LogP contribution is -2.66. The normalized spacial score (nSPS) is 23.3. The summed E-state index contributed by atoms with van der Waals surface area (Å²) in [6, 6.07) is 1.81. The van der Waals surface area contributed by atoms with E-state index in [9.17, 15) is 13.2 Å². The fraction of sp³-hybridized carbons (Fsp3) is 0.688. The number of nitrogens with one attached hydrogen (secondary N) is 1. The zero-order valence-corrected chi connectivity index (χ0v) is 15.5. The lowest BCUT2D eigenvalue weighted by molar-refractivity contribution is -0.102. The van der Waals surface area contributed by atoms with Crippen LogP contribution in [-0.4, -0.2) is 56.2 Å². The molecular formula is C16H24N2O4S2. The first-order valence-corrected chi connectivity index (χ1v) is 10.9. The smallest absolute Gasteiger partial charge is 0.252 e. The molecule has 1 atom stereocenters. The molecule has 1 aromatic rings. The van der Waals surface area contributed by atoms with Gasteiger partial charge in [-0.05, 0) is 36.6 Å². The van der Waals surface area contributed by atoms with E-state index in [0.29, 0.717) is 44.1 Å². The Balaban J connectivity index is 1.49. The van der Waals surface area contributed by atoms with Gasteiger partial charge in [-0.15, -0.1) is 0 Å². The lowest BCUT2D eigenvalue weighted by Gasteiger charge is -2.49. The van der Waals surface area contributed by atoms with Gasteiger partial charge < -0.3 is 10.1 Å². The zero-order chi connectivity index (χ0) is 17.2. The number of carbonyl (C=O) groups excluding carboxylic acids is 1. The van der Waals surface area contributed by atoms with E-state index in [1.807, 2.05) is 23.8 Å². The number of carbonyl (C=O) groups is 1. The summed E-state index contributed by atoms with van der Waals surface area (Å²) in [6.45, 7) is 4.05. The van der Waals surface area contributed by atoms with Crippen LogP contribution in [0.3, 0.4) is 0 Å². The van der Waals surface area contributed by atoms with Crippen molar-refractivity contribution in [3.8, 4) is 0 Å². The highest BCUT2D eigenvalue weighted by Crippen LogP contribution is 2.42. The first kappa shape index (κ1) is 17.8. The third kappa shape index (κ3) is 3.51. The summed E-state index contributed by atoms with van der Waals surface area (Å²) in [7, 11) is -3.14. The molecule has 0 bridgehead atoms. The molecule has 1 amide bonds. The van der Waals surface area contributed by atoms with Crippen LogP contribution in [0.25, 0.3) is 0 Å². The van der Waals surface area contributed by atoms with Gasteiger partial charge in [-0.2, -0.15) is 15.6 Å². The first-order chi connectivity index (χ1) is 11.5. The van der Waals surface area contributed by atoms with Crippen LogP contribution in [-0.2, 0) is 14.8 Å². The second-order valence-corrected chi connectivity index (χ2v) is 9.41. The minimum Gasteiger partial charge on any atom is -0.372 e. The molecule has 0 aromatic carbocycles. The fourth-order valence-electron chi connectivity index (χ4n) is 3.53. The van der Waals surface area contributed by atoms with E-state index < -0.39 is 10.0 Å². The molecule has 3 rings (SSSR count). The van der Waals surface area contributed by atoms with Crippen LogP contribution < -0.4 is 5.32 Å². The van der Waals surface area contributed by atoms with Gasteiger partial charge in [0.05, 0.1) is 11.4 Å². The summed E-state index contributed by atoms with van der Waals surface area (Å²) >= 11 is 1.50. The van der Waals surface area contributed by atoms with Crippen LogP contribution >= 0.6 is 11.3 Å². The van der Waals surface area contributed by atoms with Gasteiger partial charge in [0, 0.05) is 37.2 Å². The number of thiophene rings is 1. The minimum absolute atomic E-state index is 0.0509. The van der Waals surface area contributed by atoms with Gasteiger partial charge in [0.15, 0.2) is 0 Å². The predicted molar refractivity (Wildman–Crippen MR) is 93.7 cm³/mol. The maximum absolute atomic E-state index is 12.1. The maximum atomic E-state index is 12.1. The molecule has 2 aliphatic rings. The Kier molecular flexibility index (Phi) is 5.29. The van der Waals surface area contributed by atoms with Gasteiger partial charge >= 0.3 is 0 Å². The third-order valence-electron chi connectivity index (χ3n) is 4.91. The quantitative estimate of drug-likeness (QED) is 0.790. The van der Waals surface area contributed by atoms with E-state index in [1.165, 1.54) is 11.3 Å². The largest absolute Gasteiger partial charge is 0.372 e. The number of hydrogen-bond donors (Lipinski definition) is 1. The molecule has 0 saturated carbocycles. The van der Waals surface area contributed by atoms with E-state index in [0.717, 1.165) is 12.8 Å². The van der Waals surface area contributed by atoms with E-state index in [4.69, 9.17) is 4.74 Å². The van der Waals surface area contributed by atoms with E-state index in [-0.39, 0.29) is 17.3 Å². The third-order valence-corrected chi connectivity index (χ3v) is 7.56.